The number of halogens is 2. The largest absolute Gasteiger partial charge is 0.352 e. The van der Waals surface area contributed by atoms with Crippen LogP contribution in [0.15, 0.2) is 77.7 Å². The monoisotopic (exact) mass is 557 g/mol. The van der Waals surface area contributed by atoms with Crippen LogP contribution in [0.1, 0.15) is 38.3 Å². The number of carbonyl (C=O) groups excluding carboxylic acids is 2. The fourth-order valence-electron chi connectivity index (χ4n) is 4.06. The van der Waals surface area contributed by atoms with E-state index in [1.165, 1.54) is 29.2 Å². The molecule has 39 heavy (non-hydrogen) atoms. The number of nitrogens with zero attached hydrogens (tertiary/aromatic N) is 2. The highest BCUT2D eigenvalue weighted by Gasteiger charge is 2.33. The van der Waals surface area contributed by atoms with Crippen LogP contribution in [0.5, 0.6) is 0 Å². The molecule has 0 heterocycles. The molecule has 208 valence electrons. The normalized spacial score (nSPS) is 12.2. The van der Waals surface area contributed by atoms with Gasteiger partial charge in [-0.15, -0.1) is 0 Å². The number of anilines is 1. The molecule has 2 amide bonds. The molecule has 0 saturated carbocycles. The van der Waals surface area contributed by atoms with E-state index >= 15 is 0 Å². The van der Waals surface area contributed by atoms with Crippen LogP contribution in [0, 0.1) is 18.6 Å². The van der Waals surface area contributed by atoms with Crippen LogP contribution < -0.4 is 9.62 Å². The molecule has 1 N–H and O–H groups in total. The van der Waals surface area contributed by atoms with Crippen molar-refractivity contribution in [3.63, 3.8) is 0 Å². The van der Waals surface area contributed by atoms with Gasteiger partial charge in [-0.3, -0.25) is 13.9 Å². The van der Waals surface area contributed by atoms with Gasteiger partial charge < -0.3 is 10.2 Å². The van der Waals surface area contributed by atoms with Crippen LogP contribution in [0.25, 0.3) is 0 Å². The van der Waals surface area contributed by atoms with Crippen LogP contribution in [-0.4, -0.2) is 43.8 Å². The summed E-state index contributed by atoms with van der Waals surface area (Å²) in [5.41, 5.74) is 1.70. The van der Waals surface area contributed by atoms with E-state index in [4.69, 9.17) is 0 Å². The highest BCUT2D eigenvalue weighted by Crippen LogP contribution is 2.25. The summed E-state index contributed by atoms with van der Waals surface area (Å²) in [5, 5.41) is 2.82. The summed E-state index contributed by atoms with van der Waals surface area (Å²) in [6.07, 6.45) is 0.265. The summed E-state index contributed by atoms with van der Waals surface area (Å²) < 4.78 is 55.5. The van der Waals surface area contributed by atoms with Crippen molar-refractivity contribution in [3.05, 3.63) is 95.6 Å². The number of benzene rings is 3. The molecule has 0 aromatic heterocycles. The Labute approximate surface area is 228 Å². The van der Waals surface area contributed by atoms with E-state index in [1.807, 2.05) is 6.92 Å². The third-order valence-corrected chi connectivity index (χ3v) is 7.87. The Morgan fingerprint density at radius 2 is 1.41 bits per heavy atom. The van der Waals surface area contributed by atoms with Gasteiger partial charge in [0.1, 0.15) is 24.2 Å². The lowest BCUT2D eigenvalue weighted by Crippen LogP contribution is -2.53. The number of hydrogen-bond acceptors (Lipinski definition) is 4. The molecule has 7 nitrogen and oxygen atoms in total. The SMILES string of the molecule is CC[C@H](C(=O)NC(C)C)N(Cc1ccc(F)cc1)C(=O)CN(c1ccc(C)cc1)S(=O)(=O)c1ccc(F)cc1. The van der Waals surface area contributed by atoms with Gasteiger partial charge in [0.2, 0.25) is 11.8 Å². The first-order chi connectivity index (χ1) is 18.4. The maximum Gasteiger partial charge on any atom is 0.264 e. The molecule has 10 heteroatoms. The van der Waals surface area contributed by atoms with Gasteiger partial charge >= 0.3 is 0 Å². The van der Waals surface area contributed by atoms with Crippen molar-refractivity contribution in [2.75, 3.05) is 10.8 Å². The van der Waals surface area contributed by atoms with Gasteiger partial charge in [0.15, 0.2) is 0 Å². The minimum absolute atomic E-state index is 0.0402. The Hall–Kier alpha value is -3.79. The van der Waals surface area contributed by atoms with Crippen molar-refractivity contribution in [2.24, 2.45) is 0 Å². The zero-order valence-corrected chi connectivity index (χ0v) is 23.2. The second-order valence-corrected chi connectivity index (χ2v) is 11.4. The van der Waals surface area contributed by atoms with E-state index < -0.39 is 40.2 Å². The molecule has 0 aliphatic rings. The van der Waals surface area contributed by atoms with Crippen LogP contribution in [0.2, 0.25) is 0 Å². The fraction of sp³-hybridized carbons (Fsp3) is 0.310. The fourth-order valence-corrected chi connectivity index (χ4v) is 5.47. The minimum atomic E-state index is -4.29. The Balaban J connectivity index is 2.05. The highest BCUT2D eigenvalue weighted by atomic mass is 32.2. The van der Waals surface area contributed by atoms with E-state index in [0.29, 0.717) is 5.56 Å². The van der Waals surface area contributed by atoms with Crippen LogP contribution in [-0.2, 0) is 26.2 Å². The molecular formula is C29H33F2N3O4S. The first kappa shape index (κ1) is 29.8. The Morgan fingerprint density at radius 3 is 1.92 bits per heavy atom. The molecule has 3 rings (SSSR count). The average Bonchev–Trinajstić information content (AvgIpc) is 2.88. The number of hydrogen-bond donors (Lipinski definition) is 1. The molecular weight excluding hydrogens is 524 g/mol. The van der Waals surface area contributed by atoms with Crippen molar-refractivity contribution < 1.29 is 26.8 Å². The van der Waals surface area contributed by atoms with Gasteiger partial charge in [-0.05, 0) is 81.3 Å². The van der Waals surface area contributed by atoms with Crippen molar-refractivity contribution in [2.45, 2.75) is 57.6 Å². The maximum absolute atomic E-state index is 13.9. The molecule has 0 unspecified atom stereocenters. The first-order valence-corrected chi connectivity index (χ1v) is 14.1. The Kier molecular flexibility index (Phi) is 9.80. The molecule has 0 radical (unpaired) electrons. The summed E-state index contributed by atoms with van der Waals surface area (Å²) >= 11 is 0. The van der Waals surface area contributed by atoms with E-state index in [2.05, 4.69) is 5.32 Å². The van der Waals surface area contributed by atoms with Crippen molar-refractivity contribution >= 4 is 27.5 Å². The number of rotatable bonds is 11. The molecule has 3 aromatic rings. The van der Waals surface area contributed by atoms with E-state index in [1.54, 1.807) is 45.0 Å². The molecule has 1 atom stereocenters. The maximum atomic E-state index is 13.9. The summed E-state index contributed by atoms with van der Waals surface area (Å²) in [7, 11) is -4.29. The molecule has 0 spiro atoms. The lowest BCUT2D eigenvalue weighted by molar-refractivity contribution is -0.140. The Bertz CT molecular complexity index is 1380. The number of carbonyl (C=O) groups is 2. The summed E-state index contributed by atoms with van der Waals surface area (Å²) in [6, 6.07) is 15.4. The zero-order chi connectivity index (χ0) is 28.7. The predicted octanol–water partition coefficient (Wildman–Crippen LogP) is 4.80. The lowest BCUT2D eigenvalue weighted by atomic mass is 10.1. The van der Waals surface area contributed by atoms with Gasteiger partial charge in [0.05, 0.1) is 10.6 Å². The molecule has 3 aromatic carbocycles. The van der Waals surface area contributed by atoms with Crippen molar-refractivity contribution in [1.29, 1.82) is 0 Å². The second-order valence-electron chi connectivity index (χ2n) is 9.54. The molecule has 0 aliphatic carbocycles. The third-order valence-electron chi connectivity index (χ3n) is 6.09. The summed E-state index contributed by atoms with van der Waals surface area (Å²) in [5.74, 6) is -2.06. The smallest absolute Gasteiger partial charge is 0.264 e. The molecule has 0 fully saturated rings. The quantitative estimate of drug-likeness (QED) is 0.367. The van der Waals surface area contributed by atoms with Gasteiger partial charge in [0, 0.05) is 12.6 Å². The number of aryl methyl sites for hydroxylation is 1. The van der Waals surface area contributed by atoms with Crippen molar-refractivity contribution in [3.8, 4) is 0 Å². The topological polar surface area (TPSA) is 86.8 Å². The van der Waals surface area contributed by atoms with Gasteiger partial charge in [0.25, 0.3) is 10.0 Å². The standard InChI is InChI=1S/C29H33F2N3O4S/c1-5-27(29(36)32-20(2)3)33(18-22-8-10-23(30)11-9-22)28(35)19-34(25-14-6-21(4)7-15-25)39(37,38)26-16-12-24(31)13-17-26/h6-17,20,27H,5,18-19H2,1-4H3,(H,32,36)/t27-/m1/s1. The number of amides is 2. The average molecular weight is 558 g/mol. The predicted molar refractivity (Wildman–Crippen MR) is 146 cm³/mol. The van der Waals surface area contributed by atoms with E-state index in [9.17, 15) is 26.8 Å². The van der Waals surface area contributed by atoms with Crippen molar-refractivity contribution in [1.82, 2.24) is 10.2 Å². The number of nitrogens with one attached hydrogen (secondary N) is 1. The number of sulfonamides is 1. The van der Waals surface area contributed by atoms with E-state index in [0.717, 1.165) is 34.1 Å². The minimum Gasteiger partial charge on any atom is -0.352 e. The van der Waals surface area contributed by atoms with Crippen LogP contribution in [0.4, 0.5) is 14.5 Å². The third kappa shape index (κ3) is 7.63. The van der Waals surface area contributed by atoms with Crippen LogP contribution >= 0.6 is 0 Å². The van der Waals surface area contributed by atoms with E-state index in [-0.39, 0.29) is 35.5 Å². The highest BCUT2D eigenvalue weighted by molar-refractivity contribution is 7.92. The lowest BCUT2D eigenvalue weighted by Gasteiger charge is -2.33. The van der Waals surface area contributed by atoms with Crippen LogP contribution in [0.3, 0.4) is 0 Å². The van der Waals surface area contributed by atoms with Gasteiger partial charge in [-0.1, -0.05) is 36.8 Å². The second kappa shape index (κ2) is 12.8. The van der Waals surface area contributed by atoms with Gasteiger partial charge in [-0.2, -0.15) is 0 Å². The Morgan fingerprint density at radius 1 is 0.872 bits per heavy atom. The molecule has 0 aliphatic heterocycles. The zero-order valence-electron chi connectivity index (χ0n) is 22.4. The van der Waals surface area contributed by atoms with Gasteiger partial charge in [-0.25, -0.2) is 17.2 Å². The summed E-state index contributed by atoms with van der Waals surface area (Å²) in [6.45, 7) is 6.53. The first-order valence-electron chi connectivity index (χ1n) is 12.6. The summed E-state index contributed by atoms with van der Waals surface area (Å²) in [4.78, 5) is 28.1. The molecule has 0 bridgehead atoms. The molecule has 0 saturated heterocycles.